The number of carbonyl (C=O) groups is 3. The lowest BCUT2D eigenvalue weighted by Gasteiger charge is -2.21. The third kappa shape index (κ3) is 4.68. The highest BCUT2D eigenvalue weighted by Gasteiger charge is 2.24. The van der Waals surface area contributed by atoms with Gasteiger partial charge in [-0.2, -0.15) is 0 Å². The molecule has 6 nitrogen and oxygen atoms in total. The molecule has 2 rings (SSSR count). The Morgan fingerprint density at radius 1 is 1.05 bits per heavy atom. The molecule has 1 aromatic carbocycles. The van der Waals surface area contributed by atoms with Crippen LogP contribution in [0.5, 0.6) is 0 Å². The van der Waals surface area contributed by atoms with Gasteiger partial charge >= 0.3 is 11.8 Å². The zero-order chi connectivity index (χ0) is 15.1. The van der Waals surface area contributed by atoms with E-state index in [0.29, 0.717) is 12.8 Å². The van der Waals surface area contributed by atoms with E-state index in [1.807, 2.05) is 30.3 Å². The summed E-state index contributed by atoms with van der Waals surface area (Å²) in [5, 5.41) is 7.80. The number of carbonyl (C=O) groups excluding carboxylic acids is 3. The van der Waals surface area contributed by atoms with Gasteiger partial charge in [-0.05, 0) is 31.5 Å². The SMILES string of the molecule is O=C(NCc1ccccc1)C(=O)NC(=O)C1CCNCC1. The second-order valence-electron chi connectivity index (χ2n) is 5.01. The van der Waals surface area contributed by atoms with Gasteiger partial charge in [0.1, 0.15) is 0 Å². The van der Waals surface area contributed by atoms with E-state index in [4.69, 9.17) is 0 Å². The number of rotatable bonds is 3. The third-order valence-corrected chi connectivity index (χ3v) is 3.45. The van der Waals surface area contributed by atoms with Gasteiger partial charge in [-0.25, -0.2) is 0 Å². The molecule has 0 aliphatic carbocycles. The van der Waals surface area contributed by atoms with E-state index in [2.05, 4.69) is 16.0 Å². The van der Waals surface area contributed by atoms with E-state index in [0.717, 1.165) is 18.7 Å². The summed E-state index contributed by atoms with van der Waals surface area (Å²) in [4.78, 5) is 35.2. The van der Waals surface area contributed by atoms with Crippen LogP contribution in [-0.2, 0) is 20.9 Å². The van der Waals surface area contributed by atoms with Crippen LogP contribution in [0.2, 0.25) is 0 Å². The van der Waals surface area contributed by atoms with Gasteiger partial charge in [-0.1, -0.05) is 30.3 Å². The molecule has 1 aromatic rings. The van der Waals surface area contributed by atoms with Crippen LogP contribution >= 0.6 is 0 Å². The molecule has 0 atom stereocenters. The lowest BCUT2D eigenvalue weighted by atomic mass is 9.97. The summed E-state index contributed by atoms with van der Waals surface area (Å²) in [6.07, 6.45) is 1.37. The highest BCUT2D eigenvalue weighted by molar-refractivity contribution is 6.37. The minimum atomic E-state index is -0.894. The molecule has 0 unspecified atom stereocenters. The van der Waals surface area contributed by atoms with Gasteiger partial charge in [-0.3, -0.25) is 19.7 Å². The van der Waals surface area contributed by atoms with E-state index in [1.54, 1.807) is 0 Å². The molecule has 0 aromatic heterocycles. The Morgan fingerprint density at radius 2 is 1.71 bits per heavy atom. The first kappa shape index (κ1) is 15.2. The number of amides is 3. The molecule has 3 amide bonds. The Labute approximate surface area is 123 Å². The van der Waals surface area contributed by atoms with Crippen LogP contribution in [0.25, 0.3) is 0 Å². The van der Waals surface area contributed by atoms with Crippen LogP contribution in [0.4, 0.5) is 0 Å². The Bertz CT molecular complexity index is 510. The molecule has 1 heterocycles. The van der Waals surface area contributed by atoms with Crippen LogP contribution in [-0.4, -0.2) is 30.8 Å². The number of hydrogen-bond acceptors (Lipinski definition) is 4. The number of nitrogens with one attached hydrogen (secondary N) is 3. The molecule has 1 fully saturated rings. The highest BCUT2D eigenvalue weighted by atomic mass is 16.2. The summed E-state index contributed by atoms with van der Waals surface area (Å²) in [6.45, 7) is 1.77. The normalized spacial score (nSPS) is 15.2. The fourth-order valence-corrected chi connectivity index (χ4v) is 2.21. The fourth-order valence-electron chi connectivity index (χ4n) is 2.21. The summed E-state index contributed by atoms with van der Waals surface area (Å²) in [7, 11) is 0. The van der Waals surface area contributed by atoms with Crippen molar-refractivity contribution in [3.63, 3.8) is 0 Å². The lowest BCUT2D eigenvalue weighted by Crippen LogP contribution is -2.46. The molecule has 21 heavy (non-hydrogen) atoms. The second-order valence-corrected chi connectivity index (χ2v) is 5.01. The van der Waals surface area contributed by atoms with Crippen molar-refractivity contribution in [3.05, 3.63) is 35.9 Å². The predicted octanol–water partition coefficient (Wildman–Crippen LogP) is -0.0548. The summed E-state index contributed by atoms with van der Waals surface area (Å²) in [5.74, 6) is -2.25. The maximum Gasteiger partial charge on any atom is 0.315 e. The van der Waals surface area contributed by atoms with Crippen LogP contribution in [0.3, 0.4) is 0 Å². The monoisotopic (exact) mass is 289 g/mol. The summed E-state index contributed by atoms with van der Waals surface area (Å²) >= 11 is 0. The summed E-state index contributed by atoms with van der Waals surface area (Å²) in [5.41, 5.74) is 0.892. The number of hydrogen-bond donors (Lipinski definition) is 3. The highest BCUT2D eigenvalue weighted by Crippen LogP contribution is 2.11. The van der Waals surface area contributed by atoms with Crippen molar-refractivity contribution in [1.82, 2.24) is 16.0 Å². The molecule has 112 valence electrons. The average Bonchev–Trinajstić information content (AvgIpc) is 2.54. The van der Waals surface area contributed by atoms with Gasteiger partial charge in [0.05, 0.1) is 0 Å². The Morgan fingerprint density at radius 3 is 2.38 bits per heavy atom. The van der Waals surface area contributed by atoms with Crippen molar-refractivity contribution < 1.29 is 14.4 Å². The van der Waals surface area contributed by atoms with Crippen LogP contribution in [0.15, 0.2) is 30.3 Å². The Kier molecular flexibility index (Phi) is 5.45. The van der Waals surface area contributed by atoms with Gasteiger partial charge in [0.25, 0.3) is 0 Å². The van der Waals surface area contributed by atoms with Crippen molar-refractivity contribution in [2.24, 2.45) is 5.92 Å². The number of benzene rings is 1. The van der Waals surface area contributed by atoms with Crippen LogP contribution in [0.1, 0.15) is 18.4 Å². The molecule has 6 heteroatoms. The second kappa shape index (κ2) is 7.54. The van der Waals surface area contributed by atoms with Crippen LogP contribution < -0.4 is 16.0 Å². The zero-order valence-corrected chi connectivity index (χ0v) is 11.7. The van der Waals surface area contributed by atoms with Crippen molar-refractivity contribution in [2.45, 2.75) is 19.4 Å². The molecule has 1 aliphatic heterocycles. The van der Waals surface area contributed by atoms with Crippen molar-refractivity contribution >= 4 is 17.7 Å². The molecule has 0 bridgehead atoms. The molecule has 1 aliphatic rings. The lowest BCUT2D eigenvalue weighted by molar-refractivity contribution is -0.143. The Hall–Kier alpha value is -2.21. The van der Waals surface area contributed by atoms with E-state index in [1.165, 1.54) is 0 Å². The standard InChI is InChI=1S/C15H19N3O3/c19-13(12-6-8-16-9-7-12)18-15(21)14(20)17-10-11-4-2-1-3-5-11/h1-5,12,16H,6-10H2,(H,17,20)(H,18,19,21). The van der Waals surface area contributed by atoms with Gasteiger partial charge < -0.3 is 10.6 Å². The van der Waals surface area contributed by atoms with E-state index < -0.39 is 11.8 Å². The van der Waals surface area contributed by atoms with Gasteiger partial charge in [0.2, 0.25) is 5.91 Å². The zero-order valence-electron chi connectivity index (χ0n) is 11.7. The fraction of sp³-hybridized carbons (Fsp3) is 0.400. The van der Waals surface area contributed by atoms with E-state index in [9.17, 15) is 14.4 Å². The molecule has 0 saturated carbocycles. The van der Waals surface area contributed by atoms with Crippen molar-refractivity contribution in [3.8, 4) is 0 Å². The first-order valence-corrected chi connectivity index (χ1v) is 7.04. The molecular weight excluding hydrogens is 270 g/mol. The van der Waals surface area contributed by atoms with Crippen molar-refractivity contribution in [1.29, 1.82) is 0 Å². The first-order valence-electron chi connectivity index (χ1n) is 7.04. The smallest absolute Gasteiger partial charge is 0.315 e. The predicted molar refractivity (Wildman–Crippen MR) is 77.0 cm³/mol. The largest absolute Gasteiger partial charge is 0.344 e. The van der Waals surface area contributed by atoms with E-state index >= 15 is 0 Å². The maximum absolute atomic E-state index is 11.8. The average molecular weight is 289 g/mol. The molecule has 0 radical (unpaired) electrons. The summed E-state index contributed by atoms with van der Waals surface area (Å²) < 4.78 is 0. The van der Waals surface area contributed by atoms with E-state index in [-0.39, 0.29) is 18.4 Å². The minimum absolute atomic E-state index is 0.197. The molecule has 3 N–H and O–H groups in total. The van der Waals surface area contributed by atoms with Crippen molar-refractivity contribution in [2.75, 3.05) is 13.1 Å². The third-order valence-electron chi connectivity index (χ3n) is 3.45. The minimum Gasteiger partial charge on any atom is -0.344 e. The topological polar surface area (TPSA) is 87.3 Å². The van der Waals surface area contributed by atoms with Crippen LogP contribution in [0, 0.1) is 5.92 Å². The first-order chi connectivity index (χ1) is 10.2. The van der Waals surface area contributed by atoms with Gasteiger partial charge in [-0.15, -0.1) is 0 Å². The maximum atomic E-state index is 11.8. The Balaban J connectivity index is 1.76. The quantitative estimate of drug-likeness (QED) is 0.681. The summed E-state index contributed by atoms with van der Waals surface area (Å²) in [6, 6.07) is 9.26. The molecular formula is C15H19N3O3. The number of imide groups is 1. The number of piperidine rings is 1. The van der Waals surface area contributed by atoms with Gasteiger partial charge in [0.15, 0.2) is 0 Å². The molecule has 1 saturated heterocycles. The van der Waals surface area contributed by atoms with Gasteiger partial charge in [0, 0.05) is 12.5 Å². The molecule has 0 spiro atoms.